The molecule has 6 bridgehead atoms. The van der Waals surface area contributed by atoms with Gasteiger partial charge < -0.3 is 0 Å². The highest BCUT2D eigenvalue weighted by atomic mass is 14.2. The van der Waals surface area contributed by atoms with E-state index in [1.54, 1.807) is 0 Å². The summed E-state index contributed by atoms with van der Waals surface area (Å²) < 4.78 is 0. The zero-order valence-corrected chi connectivity index (χ0v) is 16.8. The lowest BCUT2D eigenvalue weighted by atomic mass is 9.87. The van der Waals surface area contributed by atoms with Crippen molar-refractivity contribution < 1.29 is 0 Å². The number of rotatable bonds is 0. The lowest BCUT2D eigenvalue weighted by molar-refractivity contribution is 0.735. The SMILES string of the molecule is CC1Cc2ccc(cc2)C(C)Cc2ccc(cc2)C(C)Cc2ccc1cc2. The molecule has 3 atom stereocenters. The summed E-state index contributed by atoms with van der Waals surface area (Å²) in [7, 11) is 0. The molecule has 0 nitrogen and oxygen atoms in total. The van der Waals surface area contributed by atoms with Gasteiger partial charge in [-0.3, -0.25) is 0 Å². The first-order chi connectivity index (χ1) is 13.1. The van der Waals surface area contributed by atoms with Crippen molar-refractivity contribution in [3.05, 3.63) is 106 Å². The van der Waals surface area contributed by atoms with Crippen LogP contribution < -0.4 is 0 Å². The maximum atomic E-state index is 2.34. The van der Waals surface area contributed by atoms with Crippen molar-refractivity contribution in [1.82, 2.24) is 0 Å². The number of hydrogen-bond donors (Lipinski definition) is 0. The van der Waals surface area contributed by atoms with E-state index in [0.717, 1.165) is 19.3 Å². The summed E-state index contributed by atoms with van der Waals surface area (Å²) in [6.07, 6.45) is 3.31. The van der Waals surface area contributed by atoms with Gasteiger partial charge in [-0.2, -0.15) is 0 Å². The van der Waals surface area contributed by atoms with E-state index >= 15 is 0 Å². The molecule has 138 valence electrons. The Bertz CT molecular complexity index is 746. The molecule has 0 saturated carbocycles. The first kappa shape index (κ1) is 18.0. The normalized spacial score (nSPS) is 22.6. The maximum Gasteiger partial charge on any atom is -0.0150 e. The quantitative estimate of drug-likeness (QED) is 0.406. The molecule has 0 spiro atoms. The molecule has 27 heavy (non-hydrogen) atoms. The predicted octanol–water partition coefficient (Wildman–Crippen LogP) is 7.04. The lowest BCUT2D eigenvalue weighted by Gasteiger charge is -2.18. The predicted molar refractivity (Wildman–Crippen MR) is 116 cm³/mol. The second kappa shape index (κ2) is 7.72. The van der Waals surface area contributed by atoms with Crippen molar-refractivity contribution in [2.75, 3.05) is 0 Å². The van der Waals surface area contributed by atoms with Gasteiger partial charge in [0.25, 0.3) is 0 Å². The molecular weight excluding hydrogens is 324 g/mol. The standard InChI is InChI=1S/C27H30/c1-19-16-22-6-12-26(13-7-22)21(3)18-24-8-14-27(15-9-24)20(2)17-23-4-10-25(19)11-5-23/h4-15,19-21H,16-18H2,1-3H3. The van der Waals surface area contributed by atoms with Crippen LogP contribution in [0.4, 0.5) is 0 Å². The van der Waals surface area contributed by atoms with E-state index in [1.807, 2.05) is 0 Å². The van der Waals surface area contributed by atoms with Gasteiger partial charge in [-0.1, -0.05) is 93.6 Å². The summed E-state index contributed by atoms with van der Waals surface area (Å²) in [5.74, 6) is 1.64. The van der Waals surface area contributed by atoms with Gasteiger partial charge in [0.05, 0.1) is 0 Å². The third-order valence-electron chi connectivity index (χ3n) is 6.27. The molecule has 4 aliphatic rings. The average Bonchev–Trinajstić information content (AvgIpc) is 2.69. The smallest absolute Gasteiger partial charge is 0.0150 e. The molecule has 0 heterocycles. The number of fused-ring (bicyclic) bond motifs is 3. The average molecular weight is 355 g/mol. The Labute approximate surface area is 164 Å². The van der Waals surface area contributed by atoms with Crippen LogP contribution in [-0.4, -0.2) is 0 Å². The fourth-order valence-corrected chi connectivity index (χ4v) is 4.36. The van der Waals surface area contributed by atoms with Crippen LogP contribution in [0.2, 0.25) is 0 Å². The van der Waals surface area contributed by atoms with Gasteiger partial charge in [-0.15, -0.1) is 0 Å². The molecule has 7 rings (SSSR count). The Morgan fingerprint density at radius 3 is 0.852 bits per heavy atom. The molecule has 0 heteroatoms. The molecule has 0 aromatic heterocycles. The fraction of sp³-hybridized carbons (Fsp3) is 0.333. The number of benzene rings is 3. The van der Waals surface area contributed by atoms with Crippen molar-refractivity contribution in [2.45, 2.75) is 57.8 Å². The van der Waals surface area contributed by atoms with Crippen LogP contribution in [0, 0.1) is 0 Å². The highest BCUT2D eigenvalue weighted by Crippen LogP contribution is 2.27. The Morgan fingerprint density at radius 2 is 0.630 bits per heavy atom. The molecule has 0 fully saturated rings. The largest absolute Gasteiger partial charge is 0.0587 e. The Morgan fingerprint density at radius 1 is 0.407 bits per heavy atom. The van der Waals surface area contributed by atoms with Crippen LogP contribution in [0.1, 0.15) is 71.9 Å². The monoisotopic (exact) mass is 354 g/mol. The van der Waals surface area contributed by atoms with E-state index in [2.05, 4.69) is 93.6 Å². The van der Waals surface area contributed by atoms with Crippen LogP contribution in [0.25, 0.3) is 0 Å². The molecule has 3 aromatic carbocycles. The van der Waals surface area contributed by atoms with Gasteiger partial charge in [0, 0.05) is 0 Å². The fourth-order valence-electron chi connectivity index (χ4n) is 4.36. The van der Waals surface area contributed by atoms with Crippen molar-refractivity contribution in [3.63, 3.8) is 0 Å². The molecule has 0 saturated heterocycles. The van der Waals surface area contributed by atoms with Gasteiger partial charge in [-0.05, 0) is 70.4 Å². The van der Waals surface area contributed by atoms with Crippen LogP contribution in [-0.2, 0) is 19.3 Å². The van der Waals surface area contributed by atoms with E-state index in [1.165, 1.54) is 33.4 Å². The van der Waals surface area contributed by atoms with E-state index in [-0.39, 0.29) is 0 Å². The Hall–Kier alpha value is -2.34. The summed E-state index contributed by atoms with van der Waals surface area (Å²) in [4.78, 5) is 0. The summed E-state index contributed by atoms with van der Waals surface area (Å²) in [5, 5.41) is 0. The van der Waals surface area contributed by atoms with Gasteiger partial charge >= 0.3 is 0 Å². The van der Waals surface area contributed by atoms with Crippen LogP contribution in [0.15, 0.2) is 72.8 Å². The Kier molecular flexibility index (Phi) is 5.16. The van der Waals surface area contributed by atoms with Gasteiger partial charge in [0.2, 0.25) is 0 Å². The van der Waals surface area contributed by atoms with Gasteiger partial charge in [0.15, 0.2) is 0 Å². The minimum absolute atomic E-state index is 0.547. The molecule has 0 N–H and O–H groups in total. The third-order valence-corrected chi connectivity index (χ3v) is 6.27. The second-order valence-electron chi connectivity index (χ2n) is 8.54. The second-order valence-corrected chi connectivity index (χ2v) is 8.54. The van der Waals surface area contributed by atoms with Crippen molar-refractivity contribution in [2.24, 2.45) is 0 Å². The van der Waals surface area contributed by atoms with E-state index < -0.39 is 0 Å². The summed E-state index contributed by atoms with van der Waals surface area (Å²) in [6.45, 7) is 7.02. The highest BCUT2D eigenvalue weighted by molar-refractivity contribution is 5.33. The molecule has 4 aliphatic carbocycles. The van der Waals surface area contributed by atoms with Crippen molar-refractivity contribution in [1.29, 1.82) is 0 Å². The minimum atomic E-state index is 0.547. The van der Waals surface area contributed by atoms with E-state index in [9.17, 15) is 0 Å². The third kappa shape index (κ3) is 4.16. The molecule has 0 aliphatic heterocycles. The molecule has 0 amide bonds. The van der Waals surface area contributed by atoms with E-state index in [4.69, 9.17) is 0 Å². The van der Waals surface area contributed by atoms with Gasteiger partial charge in [-0.25, -0.2) is 0 Å². The Balaban J connectivity index is 1.70. The molecule has 3 aromatic rings. The first-order valence-electron chi connectivity index (χ1n) is 10.3. The zero-order valence-electron chi connectivity index (χ0n) is 16.8. The van der Waals surface area contributed by atoms with Crippen molar-refractivity contribution in [3.8, 4) is 0 Å². The van der Waals surface area contributed by atoms with Crippen LogP contribution in [0.3, 0.4) is 0 Å². The summed E-state index contributed by atoms with van der Waals surface area (Å²) in [6, 6.07) is 27.9. The lowest BCUT2D eigenvalue weighted by Crippen LogP contribution is -2.03. The number of hydrogen-bond acceptors (Lipinski definition) is 0. The molecule has 0 radical (unpaired) electrons. The molecule has 3 unspecified atom stereocenters. The highest BCUT2D eigenvalue weighted by Gasteiger charge is 2.12. The minimum Gasteiger partial charge on any atom is -0.0587 e. The maximum absolute atomic E-state index is 2.34. The van der Waals surface area contributed by atoms with Crippen molar-refractivity contribution >= 4 is 0 Å². The topological polar surface area (TPSA) is 0 Å². The summed E-state index contributed by atoms with van der Waals surface area (Å²) in [5.41, 5.74) is 8.61. The van der Waals surface area contributed by atoms with Crippen LogP contribution in [0.5, 0.6) is 0 Å². The summed E-state index contributed by atoms with van der Waals surface area (Å²) >= 11 is 0. The van der Waals surface area contributed by atoms with Crippen LogP contribution >= 0.6 is 0 Å². The molecular formula is C27H30. The van der Waals surface area contributed by atoms with Gasteiger partial charge in [0.1, 0.15) is 0 Å². The first-order valence-corrected chi connectivity index (χ1v) is 10.3. The van der Waals surface area contributed by atoms with E-state index in [0.29, 0.717) is 17.8 Å². The zero-order chi connectivity index (χ0) is 18.8.